The average Bonchev–Trinajstić information content (AvgIpc) is 2.88. The van der Waals surface area contributed by atoms with E-state index in [0.29, 0.717) is 31.5 Å². The highest BCUT2D eigenvalue weighted by Crippen LogP contribution is 2.13. The van der Waals surface area contributed by atoms with Crippen molar-refractivity contribution in [2.45, 2.75) is 116 Å². The summed E-state index contributed by atoms with van der Waals surface area (Å²) in [5.74, 6) is -0.380. The minimum atomic E-state index is -0.612. The van der Waals surface area contributed by atoms with Gasteiger partial charge in [-0.1, -0.05) is 109 Å². The fraction of sp³-hybridized carbons (Fsp3) is 0.690. The lowest BCUT2D eigenvalue weighted by molar-refractivity contribution is -0.123. The van der Waals surface area contributed by atoms with Gasteiger partial charge in [0.15, 0.2) is 5.96 Å². The number of benzene rings is 1. The second kappa shape index (κ2) is 21.7. The summed E-state index contributed by atoms with van der Waals surface area (Å²) in [6, 6.07) is 8.32. The first-order chi connectivity index (χ1) is 17.5. The first kappa shape index (κ1) is 31.5. The van der Waals surface area contributed by atoms with Gasteiger partial charge in [-0.05, 0) is 31.4 Å². The number of carbonyl (C=O) groups is 2. The summed E-state index contributed by atoms with van der Waals surface area (Å²) < 4.78 is 0. The highest BCUT2D eigenvalue weighted by molar-refractivity contribution is 5.97. The smallest absolute Gasteiger partial charge is 0.251 e. The number of rotatable bonds is 22. The number of hydrogen-bond acceptors (Lipinski definition) is 3. The predicted molar refractivity (Wildman–Crippen MR) is 151 cm³/mol. The van der Waals surface area contributed by atoms with Crippen LogP contribution in [0.3, 0.4) is 0 Å². The molecule has 7 nitrogen and oxygen atoms in total. The normalized spacial score (nSPS) is 11.6. The molecule has 0 spiro atoms. The van der Waals surface area contributed by atoms with Gasteiger partial charge in [-0.25, -0.2) is 0 Å². The van der Waals surface area contributed by atoms with Crippen LogP contribution in [0.5, 0.6) is 0 Å². The van der Waals surface area contributed by atoms with E-state index in [-0.39, 0.29) is 17.8 Å². The predicted octanol–water partition coefficient (Wildman–Crippen LogP) is 5.44. The molecule has 0 aliphatic heterocycles. The minimum Gasteiger partial charge on any atom is -0.370 e. The van der Waals surface area contributed by atoms with Crippen molar-refractivity contribution in [2.24, 2.45) is 16.5 Å². The average molecular weight is 502 g/mol. The van der Waals surface area contributed by atoms with Crippen LogP contribution in [0.1, 0.15) is 120 Å². The number of amides is 2. The van der Waals surface area contributed by atoms with E-state index in [1.54, 1.807) is 24.3 Å². The van der Waals surface area contributed by atoms with Gasteiger partial charge in [0.25, 0.3) is 5.91 Å². The second-order valence-electron chi connectivity index (χ2n) is 9.73. The Labute approximate surface area is 219 Å². The summed E-state index contributed by atoms with van der Waals surface area (Å²) in [5, 5.41) is 5.86. The molecule has 0 unspecified atom stereocenters. The summed E-state index contributed by atoms with van der Waals surface area (Å²) >= 11 is 0. The molecule has 0 saturated carbocycles. The number of guanidine groups is 1. The first-order valence-corrected chi connectivity index (χ1v) is 14.2. The molecular weight excluding hydrogens is 450 g/mol. The summed E-state index contributed by atoms with van der Waals surface area (Å²) in [5.41, 5.74) is 11.3. The first-order valence-electron chi connectivity index (χ1n) is 14.2. The van der Waals surface area contributed by atoms with Gasteiger partial charge in [-0.15, -0.1) is 0 Å². The van der Waals surface area contributed by atoms with Gasteiger partial charge in [-0.3, -0.25) is 14.6 Å². The Hall–Kier alpha value is -2.57. The largest absolute Gasteiger partial charge is 0.370 e. The highest BCUT2D eigenvalue weighted by atomic mass is 16.2. The van der Waals surface area contributed by atoms with Gasteiger partial charge in [0.05, 0.1) is 0 Å². The van der Waals surface area contributed by atoms with E-state index in [0.717, 1.165) is 12.8 Å². The van der Waals surface area contributed by atoms with Crippen LogP contribution in [0.2, 0.25) is 0 Å². The molecule has 1 aromatic carbocycles. The van der Waals surface area contributed by atoms with E-state index in [4.69, 9.17) is 11.5 Å². The quantitative estimate of drug-likeness (QED) is 0.0960. The number of carbonyl (C=O) groups excluding carboxylic acids is 2. The van der Waals surface area contributed by atoms with E-state index in [1.807, 2.05) is 6.07 Å². The Morgan fingerprint density at radius 1 is 0.778 bits per heavy atom. The number of nitrogens with zero attached hydrogens (tertiary/aromatic N) is 1. The molecule has 0 heterocycles. The fourth-order valence-electron chi connectivity index (χ4n) is 4.26. The van der Waals surface area contributed by atoms with Crippen LogP contribution in [-0.4, -0.2) is 36.9 Å². The molecule has 36 heavy (non-hydrogen) atoms. The topological polar surface area (TPSA) is 123 Å². The molecule has 0 radical (unpaired) electrons. The maximum atomic E-state index is 12.8. The standard InChI is InChI=1S/C29H51N5O2/c1-2-3-4-5-6-7-8-9-10-11-12-13-14-18-23-32-28(36)26(22-19-24-33-29(30)31)34-27(35)25-20-16-15-17-21-25/h15-17,20-21,26H,2-14,18-19,22-24H2,1H3,(H,32,36)(H,34,35)(H4,30,31,33)/t26-/m0/s1. The van der Waals surface area contributed by atoms with Gasteiger partial charge in [-0.2, -0.15) is 0 Å². The Morgan fingerprint density at radius 2 is 1.31 bits per heavy atom. The van der Waals surface area contributed by atoms with Crippen molar-refractivity contribution in [3.63, 3.8) is 0 Å². The van der Waals surface area contributed by atoms with E-state index >= 15 is 0 Å². The summed E-state index contributed by atoms with van der Waals surface area (Å²) in [6.07, 6.45) is 19.3. The summed E-state index contributed by atoms with van der Waals surface area (Å²) in [7, 11) is 0. The molecule has 2 amide bonds. The molecule has 204 valence electrons. The van der Waals surface area contributed by atoms with Crippen LogP contribution >= 0.6 is 0 Å². The second-order valence-corrected chi connectivity index (χ2v) is 9.73. The van der Waals surface area contributed by atoms with Crippen molar-refractivity contribution in [3.05, 3.63) is 35.9 Å². The molecule has 1 atom stereocenters. The molecule has 0 bridgehead atoms. The van der Waals surface area contributed by atoms with Gasteiger partial charge in [0.2, 0.25) is 5.91 Å². The SMILES string of the molecule is CCCCCCCCCCCCCCCCNC(=O)[C@H](CCCN=C(N)N)NC(=O)c1ccccc1. The Bertz CT molecular complexity index is 720. The molecule has 0 saturated heterocycles. The van der Waals surface area contributed by atoms with Gasteiger partial charge >= 0.3 is 0 Å². The third kappa shape index (κ3) is 17.0. The lowest BCUT2D eigenvalue weighted by Crippen LogP contribution is -2.47. The van der Waals surface area contributed by atoms with Crippen molar-refractivity contribution >= 4 is 17.8 Å². The Balaban J connectivity index is 2.18. The zero-order valence-corrected chi connectivity index (χ0v) is 22.6. The number of nitrogens with one attached hydrogen (secondary N) is 2. The van der Waals surface area contributed by atoms with Crippen molar-refractivity contribution < 1.29 is 9.59 Å². The molecule has 1 rings (SSSR count). The molecule has 6 N–H and O–H groups in total. The molecule has 7 heteroatoms. The molecule has 1 aromatic rings. The number of hydrogen-bond donors (Lipinski definition) is 4. The van der Waals surface area contributed by atoms with Crippen molar-refractivity contribution in [2.75, 3.05) is 13.1 Å². The van der Waals surface area contributed by atoms with E-state index in [1.165, 1.54) is 77.0 Å². The zero-order chi connectivity index (χ0) is 26.3. The van der Waals surface area contributed by atoms with E-state index in [9.17, 15) is 9.59 Å². The third-order valence-corrected chi connectivity index (χ3v) is 6.43. The van der Waals surface area contributed by atoms with Crippen LogP contribution in [0, 0.1) is 0 Å². The van der Waals surface area contributed by atoms with Crippen molar-refractivity contribution in [3.8, 4) is 0 Å². The van der Waals surface area contributed by atoms with Crippen molar-refractivity contribution in [1.82, 2.24) is 10.6 Å². The lowest BCUT2D eigenvalue weighted by atomic mass is 10.0. The Kier molecular flexibility index (Phi) is 19.0. The van der Waals surface area contributed by atoms with Crippen LogP contribution in [-0.2, 0) is 4.79 Å². The highest BCUT2D eigenvalue weighted by Gasteiger charge is 2.20. The Morgan fingerprint density at radius 3 is 1.83 bits per heavy atom. The maximum absolute atomic E-state index is 12.8. The van der Waals surface area contributed by atoms with E-state index < -0.39 is 6.04 Å². The number of unbranched alkanes of at least 4 members (excludes halogenated alkanes) is 13. The zero-order valence-electron chi connectivity index (χ0n) is 22.6. The third-order valence-electron chi connectivity index (χ3n) is 6.43. The van der Waals surface area contributed by atoms with Crippen LogP contribution in [0.15, 0.2) is 35.3 Å². The summed E-state index contributed by atoms with van der Waals surface area (Å²) in [4.78, 5) is 29.3. The van der Waals surface area contributed by atoms with E-state index in [2.05, 4.69) is 22.5 Å². The number of aliphatic imine (C=N–C) groups is 1. The van der Waals surface area contributed by atoms with Gasteiger partial charge in [0.1, 0.15) is 6.04 Å². The molecule has 0 fully saturated rings. The van der Waals surface area contributed by atoms with Crippen LogP contribution in [0.25, 0.3) is 0 Å². The molecular formula is C29H51N5O2. The minimum absolute atomic E-state index is 0.0297. The van der Waals surface area contributed by atoms with Crippen molar-refractivity contribution in [1.29, 1.82) is 0 Å². The maximum Gasteiger partial charge on any atom is 0.251 e. The van der Waals surface area contributed by atoms with Gasteiger partial charge < -0.3 is 22.1 Å². The molecule has 0 aromatic heterocycles. The lowest BCUT2D eigenvalue weighted by Gasteiger charge is -2.18. The molecule has 0 aliphatic rings. The monoisotopic (exact) mass is 501 g/mol. The molecule has 0 aliphatic carbocycles. The van der Waals surface area contributed by atoms with Crippen LogP contribution in [0.4, 0.5) is 0 Å². The fourth-order valence-corrected chi connectivity index (χ4v) is 4.26. The van der Waals surface area contributed by atoms with Gasteiger partial charge in [0, 0.05) is 18.7 Å². The number of nitrogens with two attached hydrogens (primary N) is 2. The summed E-state index contributed by atoms with van der Waals surface area (Å²) in [6.45, 7) is 3.32. The van der Waals surface area contributed by atoms with Crippen LogP contribution < -0.4 is 22.1 Å².